The normalized spacial score (nSPS) is 11.1. The predicted octanol–water partition coefficient (Wildman–Crippen LogP) is 6.80. The maximum absolute atomic E-state index is 11.1. The Morgan fingerprint density at radius 2 is 1.51 bits per heavy atom. The molecule has 180 valence electrons. The van der Waals surface area contributed by atoms with E-state index in [9.17, 15) is 4.79 Å². The summed E-state index contributed by atoms with van der Waals surface area (Å²) >= 11 is 0. The van der Waals surface area contributed by atoms with Crippen molar-refractivity contribution in [3.05, 3.63) is 114 Å². The lowest BCUT2D eigenvalue weighted by Gasteiger charge is -2.10. The van der Waals surface area contributed by atoms with Gasteiger partial charge in [-0.25, -0.2) is 9.97 Å². The topological polar surface area (TPSA) is 88.2 Å². The molecule has 0 saturated heterocycles. The van der Waals surface area contributed by atoms with Gasteiger partial charge < -0.3 is 14.8 Å². The van der Waals surface area contributed by atoms with Crippen LogP contribution in [-0.2, 0) is 11.2 Å². The fourth-order valence-corrected chi connectivity index (χ4v) is 4.55. The number of benzene rings is 4. The Morgan fingerprint density at radius 3 is 2.32 bits per heavy atom. The lowest BCUT2D eigenvalue weighted by molar-refractivity contribution is -0.134. The number of hydrogen-bond donors (Lipinski definition) is 2. The van der Waals surface area contributed by atoms with Crippen LogP contribution in [0.15, 0.2) is 108 Å². The number of nitrogens with zero attached hydrogens (tertiary/aromatic N) is 2. The Kier molecular flexibility index (Phi) is 5.83. The zero-order valence-electron chi connectivity index (χ0n) is 19.9. The zero-order chi connectivity index (χ0) is 25.2. The molecule has 6 nitrogen and oxygen atoms in total. The third-order valence-corrected chi connectivity index (χ3v) is 6.29. The number of rotatable bonds is 7. The number of aromatic nitrogens is 2. The number of para-hydroxylation sites is 2. The number of anilines is 1. The van der Waals surface area contributed by atoms with Crippen LogP contribution in [0.25, 0.3) is 44.5 Å². The molecule has 2 aromatic heterocycles. The molecule has 4 aromatic carbocycles. The summed E-state index contributed by atoms with van der Waals surface area (Å²) in [6.45, 7) is -0.221. The fraction of sp³-hybridized carbons (Fsp3) is 0.0645. The summed E-state index contributed by atoms with van der Waals surface area (Å²) in [4.78, 5) is 20.5. The number of carboxylic acid groups (broad SMARTS) is 1. The van der Waals surface area contributed by atoms with Gasteiger partial charge in [0.2, 0.25) is 0 Å². The van der Waals surface area contributed by atoms with Crippen LogP contribution in [0.2, 0.25) is 0 Å². The summed E-state index contributed by atoms with van der Waals surface area (Å²) < 4.78 is 6.21. The Balaban J connectivity index is 1.36. The highest BCUT2D eigenvalue weighted by molar-refractivity contribution is 6.09. The second-order valence-electron chi connectivity index (χ2n) is 8.84. The van der Waals surface area contributed by atoms with Crippen LogP contribution in [0.1, 0.15) is 11.3 Å². The van der Waals surface area contributed by atoms with Gasteiger partial charge in [-0.3, -0.25) is 4.79 Å². The van der Waals surface area contributed by atoms with Crippen LogP contribution in [0.4, 0.5) is 5.82 Å². The van der Waals surface area contributed by atoms with E-state index in [0.717, 1.165) is 49.9 Å². The van der Waals surface area contributed by atoms with Gasteiger partial charge in [0, 0.05) is 34.4 Å². The maximum atomic E-state index is 11.1. The van der Waals surface area contributed by atoms with E-state index in [1.54, 1.807) is 6.07 Å². The summed E-state index contributed by atoms with van der Waals surface area (Å²) in [7, 11) is 0. The van der Waals surface area contributed by atoms with Crippen molar-refractivity contribution in [2.75, 3.05) is 11.9 Å². The van der Waals surface area contributed by atoms with Gasteiger partial charge in [0.05, 0.1) is 5.69 Å². The molecule has 6 aromatic rings. The number of hydrogen-bond acceptors (Lipinski definition) is 5. The van der Waals surface area contributed by atoms with E-state index in [2.05, 4.69) is 28.5 Å². The first-order valence-electron chi connectivity index (χ1n) is 12.0. The quantitative estimate of drug-likeness (QED) is 0.259. The van der Waals surface area contributed by atoms with Crippen LogP contribution in [0.5, 0.6) is 0 Å². The van der Waals surface area contributed by atoms with Gasteiger partial charge in [-0.05, 0) is 17.2 Å². The Labute approximate surface area is 213 Å². The molecule has 0 bridgehead atoms. The molecule has 0 amide bonds. The van der Waals surface area contributed by atoms with Crippen LogP contribution >= 0.6 is 0 Å². The van der Waals surface area contributed by atoms with Crippen molar-refractivity contribution >= 4 is 33.7 Å². The molecule has 0 unspecified atom stereocenters. The van der Waals surface area contributed by atoms with Crippen molar-refractivity contribution in [2.24, 2.45) is 0 Å². The minimum atomic E-state index is -0.950. The molecule has 37 heavy (non-hydrogen) atoms. The van der Waals surface area contributed by atoms with Crippen LogP contribution in [0, 0.1) is 0 Å². The number of furan rings is 1. The summed E-state index contributed by atoms with van der Waals surface area (Å²) in [6, 6.07) is 34.1. The van der Waals surface area contributed by atoms with Crippen molar-refractivity contribution in [1.29, 1.82) is 0 Å². The van der Waals surface area contributed by atoms with Gasteiger partial charge in [0.25, 0.3) is 0 Å². The monoisotopic (exact) mass is 485 g/mol. The molecule has 0 atom stereocenters. The van der Waals surface area contributed by atoms with Gasteiger partial charge >= 0.3 is 5.97 Å². The van der Waals surface area contributed by atoms with Crippen molar-refractivity contribution in [2.45, 2.75) is 6.42 Å². The summed E-state index contributed by atoms with van der Waals surface area (Å²) in [5, 5.41) is 14.2. The standard InChI is InChI=1S/C31H23N3O3/c35-29(36)19-32-28-18-23(17-20-7-2-1-3-8-20)33-31(34-28)22-15-13-21(14-16-22)24-10-6-11-26-25-9-4-5-12-27(25)37-30(24)26/h1-16,18H,17,19H2,(H,35,36)(H,32,33,34). The number of nitrogens with one attached hydrogen (secondary N) is 1. The third kappa shape index (κ3) is 4.65. The van der Waals surface area contributed by atoms with E-state index in [0.29, 0.717) is 18.1 Å². The molecule has 0 radical (unpaired) electrons. The zero-order valence-corrected chi connectivity index (χ0v) is 19.9. The fourth-order valence-electron chi connectivity index (χ4n) is 4.55. The second kappa shape index (κ2) is 9.59. The molecule has 0 aliphatic heterocycles. The number of carboxylic acids is 1. The average Bonchev–Trinajstić information content (AvgIpc) is 3.31. The molecule has 6 rings (SSSR count). The molecule has 0 fully saturated rings. The molecule has 2 heterocycles. The first-order valence-corrected chi connectivity index (χ1v) is 12.0. The molecule has 0 saturated carbocycles. The summed E-state index contributed by atoms with van der Waals surface area (Å²) in [5.74, 6) is 0.0677. The highest BCUT2D eigenvalue weighted by Crippen LogP contribution is 2.36. The minimum Gasteiger partial charge on any atom is -0.480 e. The van der Waals surface area contributed by atoms with Gasteiger partial charge in [0.15, 0.2) is 5.82 Å². The largest absolute Gasteiger partial charge is 0.480 e. The molecule has 2 N–H and O–H groups in total. The Bertz CT molecular complexity index is 1720. The second-order valence-corrected chi connectivity index (χ2v) is 8.84. The number of aliphatic carboxylic acids is 1. The minimum absolute atomic E-state index is 0.221. The Hall–Kier alpha value is -4.97. The van der Waals surface area contributed by atoms with Crippen LogP contribution in [-0.4, -0.2) is 27.6 Å². The average molecular weight is 486 g/mol. The van der Waals surface area contributed by atoms with Crippen molar-refractivity contribution in [3.8, 4) is 22.5 Å². The van der Waals surface area contributed by atoms with Crippen molar-refractivity contribution in [3.63, 3.8) is 0 Å². The van der Waals surface area contributed by atoms with E-state index in [1.807, 2.05) is 78.9 Å². The molecule has 6 heteroatoms. The summed E-state index contributed by atoms with van der Waals surface area (Å²) in [5.41, 5.74) is 6.53. The van der Waals surface area contributed by atoms with Gasteiger partial charge in [-0.1, -0.05) is 91.0 Å². The van der Waals surface area contributed by atoms with Gasteiger partial charge in [0.1, 0.15) is 23.5 Å². The van der Waals surface area contributed by atoms with E-state index < -0.39 is 5.97 Å². The van der Waals surface area contributed by atoms with Crippen molar-refractivity contribution < 1.29 is 14.3 Å². The van der Waals surface area contributed by atoms with E-state index in [1.165, 1.54) is 0 Å². The maximum Gasteiger partial charge on any atom is 0.322 e. The van der Waals surface area contributed by atoms with Gasteiger partial charge in [-0.15, -0.1) is 0 Å². The highest BCUT2D eigenvalue weighted by Gasteiger charge is 2.13. The van der Waals surface area contributed by atoms with Crippen molar-refractivity contribution in [1.82, 2.24) is 9.97 Å². The molecular formula is C31H23N3O3. The van der Waals surface area contributed by atoms with E-state index in [4.69, 9.17) is 14.5 Å². The SMILES string of the molecule is O=C(O)CNc1cc(Cc2ccccc2)nc(-c2ccc(-c3cccc4c3oc3ccccc34)cc2)n1. The smallest absolute Gasteiger partial charge is 0.322 e. The number of carbonyl (C=O) groups is 1. The van der Waals surface area contributed by atoms with Crippen LogP contribution in [0.3, 0.4) is 0 Å². The first kappa shape index (κ1) is 22.5. The first-order chi connectivity index (χ1) is 18.1. The predicted molar refractivity (Wildman–Crippen MR) is 146 cm³/mol. The van der Waals surface area contributed by atoms with E-state index in [-0.39, 0.29) is 6.54 Å². The lowest BCUT2D eigenvalue weighted by Crippen LogP contribution is -2.14. The Morgan fingerprint density at radius 1 is 0.784 bits per heavy atom. The lowest BCUT2D eigenvalue weighted by atomic mass is 10.0. The molecule has 0 spiro atoms. The summed E-state index contributed by atoms with van der Waals surface area (Å²) in [6.07, 6.45) is 0.615. The highest BCUT2D eigenvalue weighted by atomic mass is 16.4. The number of fused-ring (bicyclic) bond motifs is 3. The molecular weight excluding hydrogens is 462 g/mol. The van der Waals surface area contributed by atoms with E-state index >= 15 is 0 Å². The van der Waals surface area contributed by atoms with Crippen LogP contribution < -0.4 is 5.32 Å². The molecule has 0 aliphatic carbocycles. The molecule has 0 aliphatic rings. The van der Waals surface area contributed by atoms with Gasteiger partial charge in [-0.2, -0.15) is 0 Å². The third-order valence-electron chi connectivity index (χ3n) is 6.29.